The van der Waals surface area contributed by atoms with Crippen LogP contribution in [-0.4, -0.2) is 49.2 Å². The summed E-state index contributed by atoms with van der Waals surface area (Å²) in [5, 5.41) is 12.6. The van der Waals surface area contributed by atoms with Crippen molar-refractivity contribution in [1.29, 1.82) is 0 Å². The molecule has 19 heavy (non-hydrogen) atoms. The van der Waals surface area contributed by atoms with Gasteiger partial charge in [-0.15, -0.1) is 0 Å². The van der Waals surface area contributed by atoms with Gasteiger partial charge in [-0.05, 0) is 25.1 Å². The van der Waals surface area contributed by atoms with Gasteiger partial charge < -0.3 is 10.4 Å². The molecule has 2 N–H and O–H groups in total. The molecule has 1 amide bonds. The molecule has 0 spiro atoms. The summed E-state index contributed by atoms with van der Waals surface area (Å²) < 4.78 is 0. The standard InChI is InChI=1S/C13H18Cl2N2O2/c1-17(7-8-18)9-12(19)16-6-5-10-3-2-4-11(14)13(10)15/h2-4,18H,5-9H2,1H3,(H,16,19). The molecule has 0 aliphatic rings. The maximum absolute atomic E-state index is 11.6. The number of carbonyl (C=O) groups excluding carboxylic acids is 1. The Morgan fingerprint density at radius 1 is 1.42 bits per heavy atom. The van der Waals surface area contributed by atoms with Crippen LogP contribution in [0.1, 0.15) is 5.56 Å². The zero-order valence-corrected chi connectivity index (χ0v) is 12.3. The molecule has 0 unspecified atom stereocenters. The highest BCUT2D eigenvalue weighted by molar-refractivity contribution is 6.42. The van der Waals surface area contributed by atoms with Gasteiger partial charge in [-0.1, -0.05) is 35.3 Å². The van der Waals surface area contributed by atoms with E-state index in [1.54, 1.807) is 18.0 Å². The number of nitrogens with zero attached hydrogens (tertiary/aromatic N) is 1. The molecule has 0 fully saturated rings. The van der Waals surface area contributed by atoms with Gasteiger partial charge in [0.25, 0.3) is 0 Å². The second kappa shape index (κ2) is 8.38. The lowest BCUT2D eigenvalue weighted by Crippen LogP contribution is -2.37. The van der Waals surface area contributed by atoms with Crippen LogP contribution in [0.2, 0.25) is 10.0 Å². The van der Waals surface area contributed by atoms with E-state index in [2.05, 4.69) is 5.32 Å². The van der Waals surface area contributed by atoms with Gasteiger partial charge in [0.1, 0.15) is 0 Å². The smallest absolute Gasteiger partial charge is 0.234 e. The Kier molecular flexibility index (Phi) is 7.16. The van der Waals surface area contributed by atoms with Crippen LogP contribution in [-0.2, 0) is 11.2 Å². The largest absolute Gasteiger partial charge is 0.395 e. The van der Waals surface area contributed by atoms with E-state index in [0.29, 0.717) is 29.6 Å². The molecule has 0 saturated carbocycles. The highest BCUT2D eigenvalue weighted by Gasteiger charge is 2.07. The Labute approximate surface area is 123 Å². The van der Waals surface area contributed by atoms with Gasteiger partial charge in [0, 0.05) is 13.1 Å². The summed E-state index contributed by atoms with van der Waals surface area (Å²) in [4.78, 5) is 13.3. The van der Waals surface area contributed by atoms with Crippen LogP contribution in [0.15, 0.2) is 18.2 Å². The molecule has 0 saturated heterocycles. The van der Waals surface area contributed by atoms with Crippen LogP contribution in [0.4, 0.5) is 0 Å². The van der Waals surface area contributed by atoms with Crippen molar-refractivity contribution in [3.8, 4) is 0 Å². The number of aliphatic hydroxyl groups is 1. The molecular weight excluding hydrogens is 287 g/mol. The van der Waals surface area contributed by atoms with Crippen LogP contribution in [0.5, 0.6) is 0 Å². The van der Waals surface area contributed by atoms with Crippen molar-refractivity contribution in [2.45, 2.75) is 6.42 Å². The molecule has 0 radical (unpaired) electrons. The number of hydrogen-bond acceptors (Lipinski definition) is 3. The van der Waals surface area contributed by atoms with Crippen molar-refractivity contribution < 1.29 is 9.90 Å². The molecule has 0 atom stereocenters. The highest BCUT2D eigenvalue weighted by atomic mass is 35.5. The maximum atomic E-state index is 11.6. The molecule has 106 valence electrons. The summed E-state index contributed by atoms with van der Waals surface area (Å²) >= 11 is 12.0. The number of halogens is 2. The third-order valence-electron chi connectivity index (χ3n) is 2.64. The number of nitrogens with one attached hydrogen (secondary N) is 1. The number of benzene rings is 1. The molecule has 6 heteroatoms. The average Bonchev–Trinajstić information content (AvgIpc) is 2.34. The van der Waals surface area contributed by atoms with Crippen LogP contribution in [0.25, 0.3) is 0 Å². The van der Waals surface area contributed by atoms with Crippen LogP contribution < -0.4 is 5.32 Å². The number of likely N-dealkylation sites (N-methyl/N-ethyl adjacent to an activating group) is 1. The lowest BCUT2D eigenvalue weighted by atomic mass is 10.1. The second-order valence-electron chi connectivity index (χ2n) is 4.27. The van der Waals surface area contributed by atoms with Gasteiger partial charge >= 0.3 is 0 Å². The van der Waals surface area contributed by atoms with Gasteiger partial charge in [-0.25, -0.2) is 0 Å². The van der Waals surface area contributed by atoms with Crippen molar-refractivity contribution in [1.82, 2.24) is 10.2 Å². The summed E-state index contributed by atoms with van der Waals surface area (Å²) in [6.45, 7) is 1.30. The third kappa shape index (κ3) is 5.78. The summed E-state index contributed by atoms with van der Waals surface area (Å²) in [7, 11) is 1.78. The van der Waals surface area contributed by atoms with Gasteiger partial charge in [-0.2, -0.15) is 0 Å². The van der Waals surface area contributed by atoms with Crippen LogP contribution in [0, 0.1) is 0 Å². The number of aliphatic hydroxyl groups excluding tert-OH is 1. The summed E-state index contributed by atoms with van der Waals surface area (Å²) in [5.41, 5.74) is 0.915. The first-order valence-electron chi connectivity index (χ1n) is 6.03. The molecule has 1 aromatic carbocycles. The quantitative estimate of drug-likeness (QED) is 0.804. The third-order valence-corrected chi connectivity index (χ3v) is 3.50. The fraction of sp³-hybridized carbons (Fsp3) is 0.462. The van der Waals surface area contributed by atoms with Crippen molar-refractivity contribution in [2.24, 2.45) is 0 Å². The summed E-state index contributed by atoms with van der Waals surface area (Å²) in [6, 6.07) is 5.45. The van der Waals surface area contributed by atoms with E-state index in [9.17, 15) is 4.79 Å². The molecule has 0 aromatic heterocycles. The fourth-order valence-corrected chi connectivity index (χ4v) is 2.04. The monoisotopic (exact) mass is 304 g/mol. The first-order chi connectivity index (χ1) is 9.04. The minimum atomic E-state index is -0.0749. The topological polar surface area (TPSA) is 52.6 Å². The molecule has 0 bridgehead atoms. The molecular formula is C13H18Cl2N2O2. The van der Waals surface area contributed by atoms with Gasteiger partial charge in [0.15, 0.2) is 0 Å². The van der Waals surface area contributed by atoms with E-state index < -0.39 is 0 Å². The van der Waals surface area contributed by atoms with E-state index in [4.69, 9.17) is 28.3 Å². The molecule has 0 heterocycles. The van der Waals surface area contributed by atoms with Crippen molar-refractivity contribution in [2.75, 3.05) is 33.3 Å². The predicted molar refractivity (Wildman–Crippen MR) is 77.8 cm³/mol. The van der Waals surface area contributed by atoms with Crippen molar-refractivity contribution in [3.63, 3.8) is 0 Å². The maximum Gasteiger partial charge on any atom is 0.234 e. The second-order valence-corrected chi connectivity index (χ2v) is 5.06. The number of carbonyl (C=O) groups is 1. The van der Waals surface area contributed by atoms with E-state index in [1.807, 2.05) is 12.1 Å². The van der Waals surface area contributed by atoms with Gasteiger partial charge in [0.2, 0.25) is 5.91 Å². The molecule has 1 rings (SSSR count). The lowest BCUT2D eigenvalue weighted by Gasteiger charge is -2.14. The van der Waals surface area contributed by atoms with E-state index in [-0.39, 0.29) is 19.1 Å². The van der Waals surface area contributed by atoms with Crippen molar-refractivity contribution >= 4 is 29.1 Å². The SMILES string of the molecule is CN(CCO)CC(=O)NCCc1cccc(Cl)c1Cl. The Bertz CT molecular complexity index is 427. The van der Waals surface area contributed by atoms with E-state index >= 15 is 0 Å². The Morgan fingerprint density at radius 3 is 2.84 bits per heavy atom. The van der Waals surface area contributed by atoms with E-state index in [1.165, 1.54) is 0 Å². The fourth-order valence-electron chi connectivity index (χ4n) is 1.63. The lowest BCUT2D eigenvalue weighted by molar-refractivity contribution is -0.121. The minimum Gasteiger partial charge on any atom is -0.395 e. The predicted octanol–water partition coefficient (Wildman–Crippen LogP) is 1.58. The van der Waals surface area contributed by atoms with Crippen LogP contribution in [0.3, 0.4) is 0 Å². The van der Waals surface area contributed by atoms with Gasteiger partial charge in [0.05, 0.1) is 23.2 Å². The molecule has 0 aliphatic heterocycles. The van der Waals surface area contributed by atoms with E-state index in [0.717, 1.165) is 5.56 Å². The first kappa shape index (κ1) is 16.2. The normalized spacial score (nSPS) is 10.8. The van der Waals surface area contributed by atoms with Crippen molar-refractivity contribution in [3.05, 3.63) is 33.8 Å². The Hall–Kier alpha value is -0.810. The molecule has 0 aliphatic carbocycles. The molecule has 4 nitrogen and oxygen atoms in total. The Balaban J connectivity index is 2.34. The zero-order valence-electron chi connectivity index (χ0n) is 10.8. The molecule has 1 aromatic rings. The number of amides is 1. The highest BCUT2D eigenvalue weighted by Crippen LogP contribution is 2.25. The number of rotatable bonds is 7. The summed E-state index contributed by atoms with van der Waals surface area (Å²) in [6.07, 6.45) is 0.634. The summed E-state index contributed by atoms with van der Waals surface area (Å²) in [5.74, 6) is -0.0749. The Morgan fingerprint density at radius 2 is 2.16 bits per heavy atom. The van der Waals surface area contributed by atoms with Gasteiger partial charge in [-0.3, -0.25) is 9.69 Å². The average molecular weight is 305 g/mol. The first-order valence-corrected chi connectivity index (χ1v) is 6.79. The zero-order chi connectivity index (χ0) is 14.3. The minimum absolute atomic E-state index is 0.0436. The van der Waals surface area contributed by atoms with Crippen LogP contribution >= 0.6 is 23.2 Å². The number of hydrogen-bond donors (Lipinski definition) is 2.